The molecule has 2 heterocycles. The Labute approximate surface area is 94.9 Å². The molecule has 2 N–H and O–H groups in total. The molecule has 86 valence electrons. The molecule has 1 unspecified atom stereocenters. The summed E-state index contributed by atoms with van der Waals surface area (Å²) < 4.78 is 1.80. The number of hydrogen-bond acceptors (Lipinski definition) is 3. The van der Waals surface area contributed by atoms with Crippen molar-refractivity contribution < 1.29 is 0 Å². The Bertz CT molecular complexity index is 417. The van der Waals surface area contributed by atoms with E-state index in [-0.39, 0.29) is 6.04 Å². The van der Waals surface area contributed by atoms with Gasteiger partial charge in [0.1, 0.15) is 5.82 Å². The third-order valence-corrected chi connectivity index (χ3v) is 2.45. The van der Waals surface area contributed by atoms with E-state index in [9.17, 15) is 0 Å². The van der Waals surface area contributed by atoms with Crippen LogP contribution in [0.3, 0.4) is 0 Å². The van der Waals surface area contributed by atoms with Crippen molar-refractivity contribution in [1.82, 2.24) is 25.1 Å². The fourth-order valence-electron chi connectivity index (χ4n) is 1.69. The van der Waals surface area contributed by atoms with Gasteiger partial charge in [0.05, 0.1) is 12.2 Å². The molecule has 0 saturated heterocycles. The highest BCUT2D eigenvalue weighted by Crippen LogP contribution is 2.17. The molecule has 0 bridgehead atoms. The van der Waals surface area contributed by atoms with E-state index in [1.807, 2.05) is 25.6 Å². The average molecular weight is 219 g/mol. The highest BCUT2D eigenvalue weighted by atomic mass is 15.2. The number of rotatable bonds is 5. The zero-order valence-corrected chi connectivity index (χ0v) is 9.64. The Morgan fingerprint density at radius 3 is 3.00 bits per heavy atom. The van der Waals surface area contributed by atoms with Crippen molar-refractivity contribution in [2.24, 2.45) is 7.05 Å². The second-order valence-corrected chi connectivity index (χ2v) is 3.81. The monoisotopic (exact) mass is 219 g/mol. The van der Waals surface area contributed by atoms with Crippen LogP contribution >= 0.6 is 0 Å². The minimum absolute atomic E-state index is 0.101. The predicted octanol–water partition coefficient (Wildman–Crippen LogP) is 1.23. The van der Waals surface area contributed by atoms with Gasteiger partial charge in [-0.25, -0.2) is 4.98 Å². The molecule has 2 aromatic rings. The Morgan fingerprint density at radius 2 is 2.44 bits per heavy atom. The van der Waals surface area contributed by atoms with Gasteiger partial charge in [-0.2, -0.15) is 5.10 Å². The lowest BCUT2D eigenvalue weighted by Crippen LogP contribution is -2.23. The van der Waals surface area contributed by atoms with Crippen LogP contribution in [0.1, 0.15) is 30.8 Å². The Hall–Kier alpha value is -1.62. The maximum Gasteiger partial charge on any atom is 0.127 e. The van der Waals surface area contributed by atoms with Crippen molar-refractivity contribution in [3.05, 3.63) is 36.2 Å². The molecule has 2 rings (SSSR count). The maximum absolute atomic E-state index is 4.30. The van der Waals surface area contributed by atoms with Crippen LogP contribution in [0.5, 0.6) is 0 Å². The van der Waals surface area contributed by atoms with Gasteiger partial charge in [-0.15, -0.1) is 0 Å². The fourth-order valence-corrected chi connectivity index (χ4v) is 1.69. The molecule has 2 aromatic heterocycles. The highest BCUT2D eigenvalue weighted by Gasteiger charge is 2.16. The van der Waals surface area contributed by atoms with Crippen LogP contribution in [0.4, 0.5) is 0 Å². The standard InChI is InChI=1S/C11H17N5/c1-3-4-12-10(11-13-5-6-14-11)9-7-15-16(2)8-9/h5-8,10,12H,3-4H2,1-2H3,(H,13,14). The summed E-state index contributed by atoms with van der Waals surface area (Å²) in [7, 11) is 1.92. The van der Waals surface area contributed by atoms with Gasteiger partial charge < -0.3 is 10.3 Å². The largest absolute Gasteiger partial charge is 0.347 e. The van der Waals surface area contributed by atoms with Gasteiger partial charge in [-0.3, -0.25) is 4.68 Å². The molecule has 0 aromatic carbocycles. The molecule has 0 spiro atoms. The normalized spacial score (nSPS) is 12.9. The fraction of sp³-hybridized carbons (Fsp3) is 0.455. The highest BCUT2D eigenvalue weighted by molar-refractivity contribution is 5.19. The lowest BCUT2D eigenvalue weighted by molar-refractivity contribution is 0.576. The first-order valence-corrected chi connectivity index (χ1v) is 5.52. The number of H-pyrrole nitrogens is 1. The number of aromatic nitrogens is 4. The van der Waals surface area contributed by atoms with Crippen LogP contribution in [0.15, 0.2) is 24.8 Å². The molecule has 0 saturated carbocycles. The summed E-state index contributed by atoms with van der Waals surface area (Å²) in [5.74, 6) is 0.932. The molecule has 5 nitrogen and oxygen atoms in total. The molecule has 0 aliphatic rings. The Balaban J connectivity index is 2.21. The number of aromatic amines is 1. The summed E-state index contributed by atoms with van der Waals surface area (Å²) in [5.41, 5.74) is 1.13. The molecule has 0 amide bonds. The molecule has 5 heteroatoms. The topological polar surface area (TPSA) is 58.5 Å². The van der Waals surface area contributed by atoms with Crippen LogP contribution in [0.2, 0.25) is 0 Å². The van der Waals surface area contributed by atoms with Crippen molar-refractivity contribution in [2.75, 3.05) is 6.54 Å². The van der Waals surface area contributed by atoms with Gasteiger partial charge in [0.25, 0.3) is 0 Å². The zero-order chi connectivity index (χ0) is 11.4. The minimum atomic E-state index is 0.101. The smallest absolute Gasteiger partial charge is 0.127 e. The second-order valence-electron chi connectivity index (χ2n) is 3.81. The number of aryl methyl sites for hydroxylation is 1. The van der Waals surface area contributed by atoms with E-state index in [0.717, 1.165) is 24.4 Å². The van der Waals surface area contributed by atoms with Crippen molar-refractivity contribution >= 4 is 0 Å². The van der Waals surface area contributed by atoms with Crippen LogP contribution < -0.4 is 5.32 Å². The van der Waals surface area contributed by atoms with E-state index >= 15 is 0 Å². The summed E-state index contributed by atoms with van der Waals surface area (Å²) in [5, 5.41) is 7.64. The average Bonchev–Trinajstić information content (AvgIpc) is 2.91. The van der Waals surface area contributed by atoms with Crippen LogP contribution in [0, 0.1) is 0 Å². The number of imidazole rings is 1. The lowest BCUT2D eigenvalue weighted by Gasteiger charge is -2.14. The van der Waals surface area contributed by atoms with E-state index in [4.69, 9.17) is 0 Å². The van der Waals surface area contributed by atoms with E-state index < -0.39 is 0 Å². The quantitative estimate of drug-likeness (QED) is 0.795. The second kappa shape index (κ2) is 4.94. The third-order valence-electron chi connectivity index (χ3n) is 2.45. The first-order valence-electron chi connectivity index (χ1n) is 5.52. The number of nitrogens with one attached hydrogen (secondary N) is 2. The molecule has 16 heavy (non-hydrogen) atoms. The van der Waals surface area contributed by atoms with Crippen LogP contribution in [0.25, 0.3) is 0 Å². The molecule has 0 radical (unpaired) electrons. The summed E-state index contributed by atoms with van der Waals surface area (Å²) in [6.45, 7) is 3.11. The summed E-state index contributed by atoms with van der Waals surface area (Å²) in [6.07, 6.45) is 8.59. The molecule has 0 aliphatic carbocycles. The molecule has 0 fully saturated rings. The van der Waals surface area contributed by atoms with Gasteiger partial charge in [-0.1, -0.05) is 6.92 Å². The van der Waals surface area contributed by atoms with Crippen molar-refractivity contribution in [1.29, 1.82) is 0 Å². The summed E-state index contributed by atoms with van der Waals surface area (Å²) >= 11 is 0. The van der Waals surface area contributed by atoms with E-state index in [2.05, 4.69) is 27.3 Å². The van der Waals surface area contributed by atoms with E-state index in [0.29, 0.717) is 0 Å². The third kappa shape index (κ3) is 2.30. The van der Waals surface area contributed by atoms with E-state index in [1.165, 1.54) is 0 Å². The summed E-state index contributed by atoms with van der Waals surface area (Å²) in [6, 6.07) is 0.101. The van der Waals surface area contributed by atoms with Crippen LogP contribution in [-0.4, -0.2) is 26.3 Å². The Kier molecular flexibility index (Phi) is 3.36. The van der Waals surface area contributed by atoms with Gasteiger partial charge in [0, 0.05) is 31.2 Å². The molecule has 0 aliphatic heterocycles. The van der Waals surface area contributed by atoms with Gasteiger partial charge in [0.15, 0.2) is 0 Å². The zero-order valence-electron chi connectivity index (χ0n) is 9.64. The number of hydrogen-bond donors (Lipinski definition) is 2. The first kappa shape index (κ1) is 10.9. The summed E-state index contributed by atoms with van der Waals surface area (Å²) in [4.78, 5) is 7.44. The first-order chi connectivity index (χ1) is 7.81. The lowest BCUT2D eigenvalue weighted by atomic mass is 10.1. The van der Waals surface area contributed by atoms with E-state index in [1.54, 1.807) is 10.9 Å². The van der Waals surface area contributed by atoms with Gasteiger partial charge >= 0.3 is 0 Å². The molecule has 1 atom stereocenters. The van der Waals surface area contributed by atoms with Crippen LogP contribution in [-0.2, 0) is 7.05 Å². The van der Waals surface area contributed by atoms with Crippen molar-refractivity contribution in [2.45, 2.75) is 19.4 Å². The van der Waals surface area contributed by atoms with Crippen molar-refractivity contribution in [3.8, 4) is 0 Å². The maximum atomic E-state index is 4.30. The van der Waals surface area contributed by atoms with Gasteiger partial charge in [0.2, 0.25) is 0 Å². The number of nitrogens with zero attached hydrogens (tertiary/aromatic N) is 3. The molecular formula is C11H17N5. The Morgan fingerprint density at radius 1 is 1.56 bits per heavy atom. The predicted molar refractivity (Wildman–Crippen MR) is 61.9 cm³/mol. The van der Waals surface area contributed by atoms with Crippen molar-refractivity contribution in [3.63, 3.8) is 0 Å². The van der Waals surface area contributed by atoms with Gasteiger partial charge in [-0.05, 0) is 13.0 Å². The SMILES string of the molecule is CCCNC(c1cnn(C)c1)c1ncc[nH]1. The molecular weight excluding hydrogens is 202 g/mol. The minimum Gasteiger partial charge on any atom is -0.347 e.